The highest BCUT2D eigenvalue weighted by Crippen LogP contribution is 2.18. The van der Waals surface area contributed by atoms with E-state index in [0.29, 0.717) is 5.69 Å². The molecule has 1 aromatic rings. The van der Waals surface area contributed by atoms with Gasteiger partial charge in [-0.15, -0.1) is 0 Å². The first-order chi connectivity index (χ1) is 6.68. The molecule has 0 fully saturated rings. The highest BCUT2D eigenvalue weighted by Gasteiger charge is 2.22. The summed E-state index contributed by atoms with van der Waals surface area (Å²) in [4.78, 5) is 26.3. The van der Waals surface area contributed by atoms with E-state index in [1.165, 1.54) is 6.08 Å². The van der Waals surface area contributed by atoms with Gasteiger partial charge in [-0.2, -0.15) is 0 Å². The molecule has 0 spiro atoms. The van der Waals surface area contributed by atoms with E-state index in [2.05, 4.69) is 4.98 Å². The summed E-state index contributed by atoms with van der Waals surface area (Å²) in [5, 5.41) is 0. The van der Waals surface area contributed by atoms with E-state index in [9.17, 15) is 9.59 Å². The second-order valence-electron chi connectivity index (χ2n) is 3.06. The van der Waals surface area contributed by atoms with Crippen LogP contribution in [0.5, 0.6) is 0 Å². The normalized spacial score (nSPS) is 14.6. The number of Topliss-reactive ketones (excluding diaryl/α,β-unsaturated/α-hetero) is 1. The van der Waals surface area contributed by atoms with E-state index in [1.807, 2.05) is 0 Å². The largest absolute Gasteiger partial charge is 0.365 e. The van der Waals surface area contributed by atoms with Gasteiger partial charge in [-0.3, -0.25) is 14.6 Å². The van der Waals surface area contributed by atoms with Gasteiger partial charge in [0.1, 0.15) is 0 Å². The molecule has 0 atom stereocenters. The van der Waals surface area contributed by atoms with E-state index in [4.69, 9.17) is 5.73 Å². The Kier molecular flexibility index (Phi) is 1.89. The third kappa shape index (κ3) is 1.31. The number of hydrogen-bond acceptors (Lipinski definition) is 3. The number of hydrogen-bond donors (Lipinski definition) is 1. The molecule has 4 nitrogen and oxygen atoms in total. The molecular formula is C10H8N2O2. The van der Waals surface area contributed by atoms with Crippen LogP contribution in [0.15, 0.2) is 23.9 Å². The SMILES string of the molecule is NC(=O)C1=Cc2cccnc2CC1=O. The standard InChI is InChI=1S/C10H8N2O2/c11-10(14)7-4-6-2-1-3-12-8(6)5-9(7)13/h1-4H,5H2,(H2,11,14). The highest BCUT2D eigenvalue weighted by atomic mass is 16.2. The molecule has 0 unspecified atom stereocenters. The lowest BCUT2D eigenvalue weighted by Crippen LogP contribution is -2.24. The van der Waals surface area contributed by atoms with Gasteiger partial charge in [-0.25, -0.2) is 0 Å². The van der Waals surface area contributed by atoms with Crippen LogP contribution >= 0.6 is 0 Å². The fourth-order valence-corrected chi connectivity index (χ4v) is 1.42. The molecular weight excluding hydrogens is 180 g/mol. The minimum atomic E-state index is -0.676. The van der Waals surface area contributed by atoms with Crippen LogP contribution in [-0.2, 0) is 16.0 Å². The number of fused-ring (bicyclic) bond motifs is 1. The van der Waals surface area contributed by atoms with E-state index in [1.54, 1.807) is 18.3 Å². The van der Waals surface area contributed by atoms with Crippen LogP contribution in [0.2, 0.25) is 0 Å². The molecule has 4 heteroatoms. The van der Waals surface area contributed by atoms with Gasteiger partial charge in [-0.1, -0.05) is 6.07 Å². The summed E-state index contributed by atoms with van der Waals surface area (Å²) < 4.78 is 0. The van der Waals surface area contributed by atoms with Crippen molar-refractivity contribution in [1.82, 2.24) is 4.98 Å². The first kappa shape index (κ1) is 8.62. The van der Waals surface area contributed by atoms with Crippen molar-refractivity contribution < 1.29 is 9.59 Å². The molecule has 1 aliphatic carbocycles. The summed E-state index contributed by atoms with van der Waals surface area (Å²) in [6, 6.07) is 3.56. The molecule has 1 aromatic heterocycles. The Morgan fingerprint density at radius 3 is 3.00 bits per heavy atom. The maximum absolute atomic E-state index is 11.4. The predicted octanol–water partition coefficient (Wildman–Crippen LogP) is 0.0755. The van der Waals surface area contributed by atoms with Crippen molar-refractivity contribution in [1.29, 1.82) is 0 Å². The van der Waals surface area contributed by atoms with Crippen molar-refractivity contribution in [2.45, 2.75) is 6.42 Å². The molecule has 0 aliphatic heterocycles. The summed E-state index contributed by atoms with van der Waals surface area (Å²) in [5.41, 5.74) is 6.62. The summed E-state index contributed by atoms with van der Waals surface area (Å²) in [6.45, 7) is 0. The quantitative estimate of drug-likeness (QED) is 0.634. The number of aromatic nitrogens is 1. The van der Waals surface area contributed by atoms with Gasteiger partial charge in [0.2, 0.25) is 0 Å². The molecule has 70 valence electrons. The molecule has 0 saturated carbocycles. The molecule has 1 amide bonds. The zero-order chi connectivity index (χ0) is 10.1. The van der Waals surface area contributed by atoms with Gasteiger partial charge in [0.15, 0.2) is 5.78 Å². The van der Waals surface area contributed by atoms with Crippen molar-refractivity contribution in [3.05, 3.63) is 35.2 Å². The van der Waals surface area contributed by atoms with E-state index < -0.39 is 5.91 Å². The zero-order valence-electron chi connectivity index (χ0n) is 7.36. The molecule has 2 rings (SSSR count). The van der Waals surface area contributed by atoms with E-state index in [0.717, 1.165) is 5.56 Å². The molecule has 0 radical (unpaired) electrons. The van der Waals surface area contributed by atoms with Crippen molar-refractivity contribution in [3.63, 3.8) is 0 Å². The molecule has 1 aliphatic rings. The van der Waals surface area contributed by atoms with Crippen molar-refractivity contribution in [2.24, 2.45) is 5.73 Å². The Labute approximate surface area is 80.4 Å². The summed E-state index contributed by atoms with van der Waals surface area (Å²) >= 11 is 0. The first-order valence-electron chi connectivity index (χ1n) is 4.17. The number of nitrogens with two attached hydrogens (primary N) is 1. The molecule has 14 heavy (non-hydrogen) atoms. The topological polar surface area (TPSA) is 73.1 Å². The highest BCUT2D eigenvalue weighted by molar-refractivity contribution is 6.23. The second kappa shape index (κ2) is 3.06. The Morgan fingerprint density at radius 2 is 2.29 bits per heavy atom. The number of ketones is 1. The van der Waals surface area contributed by atoms with Crippen LogP contribution in [0, 0.1) is 0 Å². The van der Waals surface area contributed by atoms with Crippen molar-refractivity contribution >= 4 is 17.8 Å². The van der Waals surface area contributed by atoms with Crippen LogP contribution in [0.4, 0.5) is 0 Å². The number of carbonyl (C=O) groups is 2. The smallest absolute Gasteiger partial charge is 0.252 e. The van der Waals surface area contributed by atoms with E-state index >= 15 is 0 Å². The van der Waals surface area contributed by atoms with Gasteiger partial charge in [-0.05, 0) is 17.7 Å². The van der Waals surface area contributed by atoms with Gasteiger partial charge >= 0.3 is 0 Å². The third-order valence-corrected chi connectivity index (χ3v) is 2.12. The Balaban J connectivity index is 2.54. The Morgan fingerprint density at radius 1 is 1.50 bits per heavy atom. The lowest BCUT2D eigenvalue weighted by atomic mass is 9.95. The maximum Gasteiger partial charge on any atom is 0.252 e. The van der Waals surface area contributed by atoms with Crippen LogP contribution < -0.4 is 5.73 Å². The number of nitrogens with zero attached hydrogens (tertiary/aromatic N) is 1. The van der Waals surface area contributed by atoms with Gasteiger partial charge in [0.25, 0.3) is 5.91 Å². The minimum Gasteiger partial charge on any atom is -0.365 e. The van der Waals surface area contributed by atoms with Crippen LogP contribution in [-0.4, -0.2) is 16.7 Å². The first-order valence-corrected chi connectivity index (χ1v) is 4.17. The molecule has 0 aromatic carbocycles. The van der Waals surface area contributed by atoms with Crippen molar-refractivity contribution in [2.75, 3.05) is 0 Å². The minimum absolute atomic E-state index is 0.0606. The Bertz CT molecular complexity index is 449. The van der Waals surface area contributed by atoms with E-state index in [-0.39, 0.29) is 17.8 Å². The Hall–Kier alpha value is -1.97. The number of rotatable bonds is 1. The average molecular weight is 188 g/mol. The summed E-state index contributed by atoms with van der Waals surface area (Å²) in [5.74, 6) is -0.937. The third-order valence-electron chi connectivity index (χ3n) is 2.12. The molecule has 1 heterocycles. The van der Waals surface area contributed by atoms with Crippen LogP contribution in [0.25, 0.3) is 6.08 Å². The molecule has 2 N–H and O–H groups in total. The zero-order valence-corrected chi connectivity index (χ0v) is 7.36. The molecule has 0 saturated heterocycles. The van der Waals surface area contributed by atoms with Gasteiger partial charge in [0, 0.05) is 6.20 Å². The van der Waals surface area contributed by atoms with Crippen LogP contribution in [0.1, 0.15) is 11.3 Å². The molecule has 0 bridgehead atoms. The summed E-state index contributed by atoms with van der Waals surface area (Å²) in [6.07, 6.45) is 3.27. The number of primary amides is 1. The lowest BCUT2D eigenvalue weighted by Gasteiger charge is -2.11. The average Bonchev–Trinajstić information content (AvgIpc) is 2.16. The van der Waals surface area contributed by atoms with Gasteiger partial charge < -0.3 is 5.73 Å². The fraction of sp³-hybridized carbons (Fsp3) is 0.100. The van der Waals surface area contributed by atoms with Crippen molar-refractivity contribution in [3.8, 4) is 0 Å². The lowest BCUT2D eigenvalue weighted by molar-refractivity contribution is -0.120. The monoisotopic (exact) mass is 188 g/mol. The fourth-order valence-electron chi connectivity index (χ4n) is 1.42. The number of pyridine rings is 1. The van der Waals surface area contributed by atoms with Crippen LogP contribution in [0.3, 0.4) is 0 Å². The predicted molar refractivity (Wildman–Crippen MR) is 50.1 cm³/mol. The number of carbonyl (C=O) groups excluding carboxylic acids is 2. The second-order valence-corrected chi connectivity index (χ2v) is 3.06. The number of amides is 1. The summed E-state index contributed by atoms with van der Waals surface area (Å²) in [7, 11) is 0. The van der Waals surface area contributed by atoms with Gasteiger partial charge in [0.05, 0.1) is 17.7 Å². The maximum atomic E-state index is 11.4.